The van der Waals surface area contributed by atoms with Gasteiger partial charge in [0, 0.05) is 12.2 Å². The zero-order valence-corrected chi connectivity index (χ0v) is 17.5. The highest BCUT2D eigenvalue weighted by Gasteiger charge is 2.18. The molecule has 148 valence electrons. The second-order valence-electron chi connectivity index (χ2n) is 6.74. The van der Waals surface area contributed by atoms with Crippen LogP contribution in [-0.4, -0.2) is 38.4 Å². The summed E-state index contributed by atoms with van der Waals surface area (Å²) in [5.74, 6) is 0.0782. The summed E-state index contributed by atoms with van der Waals surface area (Å²) in [5.41, 5.74) is 4.94. The van der Waals surface area contributed by atoms with Crippen molar-refractivity contribution in [2.75, 3.05) is 17.2 Å². The van der Waals surface area contributed by atoms with E-state index in [4.69, 9.17) is 5.26 Å². The maximum absolute atomic E-state index is 12.9. The number of tetrazole rings is 1. The van der Waals surface area contributed by atoms with Crippen LogP contribution in [0, 0.1) is 32.1 Å². The molecule has 0 aliphatic carbocycles. The standard InChI is InChI=1S/C21H22N6OS/c1-15-6-9-18(10-7-15)26(12-4-11-22)20(28)14-29-21-23-24-25-27(21)19-13-16(2)5-8-17(19)3/h5-10,13H,4,12,14H2,1-3H3. The number of benzene rings is 2. The Hall–Kier alpha value is -3.18. The van der Waals surface area contributed by atoms with Gasteiger partial charge < -0.3 is 4.90 Å². The molecule has 0 saturated carbocycles. The maximum atomic E-state index is 12.9. The Balaban J connectivity index is 1.77. The number of carbonyl (C=O) groups is 1. The van der Waals surface area contributed by atoms with Gasteiger partial charge in [0.25, 0.3) is 0 Å². The first-order chi connectivity index (χ1) is 14.0. The minimum absolute atomic E-state index is 0.0929. The third-order valence-electron chi connectivity index (χ3n) is 4.45. The van der Waals surface area contributed by atoms with E-state index >= 15 is 0 Å². The summed E-state index contributed by atoms with van der Waals surface area (Å²) < 4.78 is 1.66. The van der Waals surface area contributed by atoms with Crippen LogP contribution in [0.2, 0.25) is 0 Å². The van der Waals surface area contributed by atoms with Crippen LogP contribution in [0.3, 0.4) is 0 Å². The first-order valence-electron chi connectivity index (χ1n) is 9.22. The molecular formula is C21H22N6OS. The van der Waals surface area contributed by atoms with Gasteiger partial charge in [0.2, 0.25) is 11.1 Å². The number of hydrogen-bond acceptors (Lipinski definition) is 6. The quantitative estimate of drug-likeness (QED) is 0.557. The van der Waals surface area contributed by atoms with Gasteiger partial charge in [-0.05, 0) is 60.5 Å². The van der Waals surface area contributed by atoms with E-state index in [-0.39, 0.29) is 18.1 Å². The molecule has 0 atom stereocenters. The van der Waals surface area contributed by atoms with E-state index in [2.05, 4.69) is 21.6 Å². The third-order valence-corrected chi connectivity index (χ3v) is 5.36. The molecule has 1 aromatic heterocycles. The Morgan fingerprint density at radius 2 is 1.86 bits per heavy atom. The van der Waals surface area contributed by atoms with Gasteiger partial charge in [-0.15, -0.1) is 5.10 Å². The van der Waals surface area contributed by atoms with E-state index in [0.717, 1.165) is 28.1 Å². The fourth-order valence-electron chi connectivity index (χ4n) is 2.86. The lowest BCUT2D eigenvalue weighted by Gasteiger charge is -2.21. The fraction of sp³-hybridized carbons (Fsp3) is 0.286. The van der Waals surface area contributed by atoms with Gasteiger partial charge in [-0.3, -0.25) is 4.79 Å². The van der Waals surface area contributed by atoms with E-state index in [1.807, 2.05) is 63.2 Å². The number of anilines is 1. The average Bonchev–Trinajstić information content (AvgIpc) is 3.18. The summed E-state index contributed by atoms with van der Waals surface area (Å²) in [4.78, 5) is 14.6. The number of aryl methyl sites for hydroxylation is 3. The van der Waals surface area contributed by atoms with Gasteiger partial charge in [0.05, 0.1) is 23.9 Å². The molecule has 0 bridgehead atoms. The van der Waals surface area contributed by atoms with Crippen LogP contribution in [0.5, 0.6) is 0 Å². The zero-order valence-electron chi connectivity index (χ0n) is 16.7. The van der Waals surface area contributed by atoms with Crippen LogP contribution in [0.15, 0.2) is 47.6 Å². The lowest BCUT2D eigenvalue weighted by atomic mass is 10.1. The first kappa shape index (κ1) is 20.6. The zero-order chi connectivity index (χ0) is 20.8. The van der Waals surface area contributed by atoms with Crippen LogP contribution in [0.1, 0.15) is 23.1 Å². The van der Waals surface area contributed by atoms with Gasteiger partial charge in [-0.1, -0.05) is 41.6 Å². The Bertz CT molecular complexity index is 1040. The summed E-state index contributed by atoms with van der Waals surface area (Å²) >= 11 is 1.28. The molecule has 0 radical (unpaired) electrons. The SMILES string of the molecule is Cc1ccc(N(CCC#N)C(=O)CSc2nnnn2-c2cc(C)ccc2C)cc1. The fourth-order valence-corrected chi connectivity index (χ4v) is 3.62. The summed E-state index contributed by atoms with van der Waals surface area (Å²) in [6.45, 7) is 6.35. The molecule has 0 aliphatic heterocycles. The highest BCUT2D eigenvalue weighted by molar-refractivity contribution is 7.99. The lowest BCUT2D eigenvalue weighted by molar-refractivity contribution is -0.116. The van der Waals surface area contributed by atoms with Gasteiger partial charge >= 0.3 is 0 Å². The second-order valence-corrected chi connectivity index (χ2v) is 7.68. The number of nitriles is 1. The summed E-state index contributed by atoms with van der Waals surface area (Å²) in [7, 11) is 0. The number of aromatic nitrogens is 4. The van der Waals surface area contributed by atoms with E-state index < -0.39 is 0 Å². The molecule has 1 amide bonds. The van der Waals surface area contributed by atoms with Gasteiger partial charge in [0.15, 0.2) is 0 Å². The number of carbonyl (C=O) groups excluding carboxylic acids is 1. The average molecular weight is 407 g/mol. The molecule has 0 unspecified atom stereocenters. The largest absolute Gasteiger partial charge is 0.311 e. The maximum Gasteiger partial charge on any atom is 0.237 e. The van der Waals surface area contributed by atoms with Gasteiger partial charge in [-0.2, -0.15) is 9.94 Å². The number of thioether (sulfide) groups is 1. The molecule has 0 N–H and O–H groups in total. The van der Waals surface area contributed by atoms with Crippen LogP contribution in [0.4, 0.5) is 5.69 Å². The number of rotatable bonds is 7. The molecule has 3 aromatic rings. The minimum atomic E-state index is -0.0929. The highest BCUT2D eigenvalue weighted by Crippen LogP contribution is 2.23. The summed E-state index contributed by atoms with van der Waals surface area (Å²) in [6, 6.07) is 15.9. The van der Waals surface area contributed by atoms with Crippen LogP contribution in [0.25, 0.3) is 5.69 Å². The Morgan fingerprint density at radius 3 is 2.59 bits per heavy atom. The van der Waals surface area contributed by atoms with Crippen LogP contribution in [-0.2, 0) is 4.79 Å². The number of nitrogens with zero attached hydrogens (tertiary/aromatic N) is 6. The van der Waals surface area contributed by atoms with Crippen molar-refractivity contribution in [3.63, 3.8) is 0 Å². The van der Waals surface area contributed by atoms with Crippen LogP contribution < -0.4 is 4.90 Å². The Kier molecular flexibility index (Phi) is 6.62. The highest BCUT2D eigenvalue weighted by atomic mass is 32.2. The monoisotopic (exact) mass is 406 g/mol. The third kappa shape index (κ3) is 5.00. The molecule has 2 aromatic carbocycles. The summed E-state index contributed by atoms with van der Waals surface area (Å²) in [5, 5.41) is 21.5. The van der Waals surface area contributed by atoms with E-state index in [1.54, 1.807) is 9.58 Å². The van der Waals surface area contributed by atoms with E-state index in [1.165, 1.54) is 11.8 Å². The molecule has 8 heteroatoms. The summed E-state index contributed by atoms with van der Waals surface area (Å²) in [6.07, 6.45) is 0.268. The molecule has 0 saturated heterocycles. The van der Waals surface area contributed by atoms with Crippen molar-refractivity contribution in [1.82, 2.24) is 20.2 Å². The number of amides is 1. The van der Waals surface area contributed by atoms with Gasteiger partial charge in [-0.25, -0.2) is 0 Å². The smallest absolute Gasteiger partial charge is 0.237 e. The molecular weight excluding hydrogens is 384 g/mol. The molecule has 0 aliphatic rings. The van der Waals surface area contributed by atoms with E-state index in [9.17, 15) is 4.79 Å². The van der Waals surface area contributed by atoms with Crippen molar-refractivity contribution in [3.8, 4) is 11.8 Å². The van der Waals surface area contributed by atoms with Crippen molar-refractivity contribution in [2.45, 2.75) is 32.3 Å². The molecule has 0 spiro atoms. The predicted octanol–water partition coefficient (Wildman–Crippen LogP) is 3.63. The molecule has 29 heavy (non-hydrogen) atoms. The van der Waals surface area contributed by atoms with Gasteiger partial charge in [0.1, 0.15) is 0 Å². The molecule has 1 heterocycles. The first-order valence-corrected chi connectivity index (χ1v) is 10.2. The molecule has 0 fully saturated rings. The number of hydrogen-bond donors (Lipinski definition) is 0. The molecule has 7 nitrogen and oxygen atoms in total. The Morgan fingerprint density at radius 1 is 1.14 bits per heavy atom. The van der Waals surface area contributed by atoms with Crippen molar-refractivity contribution < 1.29 is 4.79 Å². The van der Waals surface area contributed by atoms with Crippen molar-refractivity contribution >= 4 is 23.4 Å². The Labute approximate surface area is 174 Å². The van der Waals surface area contributed by atoms with E-state index in [0.29, 0.717) is 11.7 Å². The minimum Gasteiger partial charge on any atom is -0.311 e. The topological polar surface area (TPSA) is 87.7 Å². The predicted molar refractivity (Wildman–Crippen MR) is 113 cm³/mol. The van der Waals surface area contributed by atoms with Crippen molar-refractivity contribution in [2.24, 2.45) is 0 Å². The van der Waals surface area contributed by atoms with Crippen LogP contribution >= 0.6 is 11.8 Å². The normalized spacial score (nSPS) is 10.6. The molecule has 3 rings (SSSR count). The second kappa shape index (κ2) is 9.34. The van der Waals surface area contributed by atoms with Crippen molar-refractivity contribution in [1.29, 1.82) is 5.26 Å². The lowest BCUT2D eigenvalue weighted by Crippen LogP contribution is -2.33. The van der Waals surface area contributed by atoms with Crippen molar-refractivity contribution in [3.05, 3.63) is 59.2 Å².